The number of nitrogens with one attached hydrogen (secondary N) is 1. The van der Waals surface area contributed by atoms with Gasteiger partial charge in [-0.05, 0) is 55.0 Å². The van der Waals surface area contributed by atoms with Crippen LogP contribution in [-0.2, 0) is 14.8 Å². The van der Waals surface area contributed by atoms with Gasteiger partial charge in [0.15, 0.2) is 11.5 Å². The van der Waals surface area contributed by atoms with E-state index in [1.807, 2.05) is 0 Å². The van der Waals surface area contributed by atoms with E-state index < -0.39 is 28.5 Å². The van der Waals surface area contributed by atoms with Gasteiger partial charge in [0.2, 0.25) is 5.91 Å². The van der Waals surface area contributed by atoms with Crippen molar-refractivity contribution >= 4 is 44.8 Å². The summed E-state index contributed by atoms with van der Waals surface area (Å²) < 4.78 is 38.4. The molecule has 0 bridgehead atoms. The van der Waals surface area contributed by atoms with Gasteiger partial charge in [-0.15, -0.1) is 0 Å². The van der Waals surface area contributed by atoms with Crippen LogP contribution >= 0.6 is 23.2 Å². The minimum Gasteiger partial charge on any atom is -0.493 e. The lowest BCUT2D eigenvalue weighted by molar-refractivity contribution is -0.120. The summed E-state index contributed by atoms with van der Waals surface area (Å²) in [5.41, 5.74) is 0.900. The van der Waals surface area contributed by atoms with Crippen molar-refractivity contribution in [1.82, 2.24) is 5.32 Å². The van der Waals surface area contributed by atoms with Crippen LogP contribution in [0.2, 0.25) is 10.0 Å². The van der Waals surface area contributed by atoms with Gasteiger partial charge < -0.3 is 14.8 Å². The smallest absolute Gasteiger partial charge is 0.264 e. The van der Waals surface area contributed by atoms with Crippen molar-refractivity contribution in [2.24, 2.45) is 0 Å². The number of carbonyl (C=O) groups is 1. The fraction of sp³-hybridized carbons (Fsp3) is 0.208. The van der Waals surface area contributed by atoms with E-state index in [-0.39, 0.29) is 15.6 Å². The van der Waals surface area contributed by atoms with E-state index in [2.05, 4.69) is 5.32 Å². The number of halogens is 2. The number of nitrogens with zero attached hydrogens (tertiary/aromatic N) is 1. The van der Waals surface area contributed by atoms with Crippen LogP contribution in [0.3, 0.4) is 0 Å². The molecule has 0 aliphatic rings. The Balaban J connectivity index is 1.90. The fourth-order valence-electron chi connectivity index (χ4n) is 3.33. The van der Waals surface area contributed by atoms with Crippen molar-refractivity contribution < 1.29 is 22.7 Å². The number of anilines is 1. The lowest BCUT2D eigenvalue weighted by Crippen LogP contribution is -2.41. The van der Waals surface area contributed by atoms with Crippen molar-refractivity contribution in [3.8, 4) is 11.5 Å². The zero-order valence-electron chi connectivity index (χ0n) is 18.8. The summed E-state index contributed by atoms with van der Waals surface area (Å²) in [7, 11) is -1.04. The summed E-state index contributed by atoms with van der Waals surface area (Å²) in [4.78, 5) is 13.0. The molecule has 1 N–H and O–H groups in total. The Morgan fingerprint density at radius 3 is 2.26 bits per heavy atom. The van der Waals surface area contributed by atoms with Crippen molar-refractivity contribution in [3.63, 3.8) is 0 Å². The normalized spacial score (nSPS) is 12.0. The van der Waals surface area contributed by atoms with Crippen molar-refractivity contribution in [2.75, 3.05) is 25.1 Å². The van der Waals surface area contributed by atoms with Crippen molar-refractivity contribution in [3.05, 3.63) is 82.3 Å². The van der Waals surface area contributed by atoms with Crippen LogP contribution in [0.15, 0.2) is 71.6 Å². The molecule has 34 heavy (non-hydrogen) atoms. The summed E-state index contributed by atoms with van der Waals surface area (Å²) in [6, 6.07) is 17.1. The highest BCUT2D eigenvalue weighted by Gasteiger charge is 2.29. The van der Waals surface area contributed by atoms with Crippen LogP contribution in [0.1, 0.15) is 18.5 Å². The number of sulfonamides is 1. The Morgan fingerprint density at radius 1 is 0.971 bits per heavy atom. The van der Waals surface area contributed by atoms with Gasteiger partial charge in [0.05, 0.1) is 35.9 Å². The number of ether oxygens (including phenoxy) is 2. The van der Waals surface area contributed by atoms with Gasteiger partial charge in [0, 0.05) is 5.02 Å². The number of carbonyl (C=O) groups excluding carboxylic acids is 1. The first kappa shape index (κ1) is 25.7. The summed E-state index contributed by atoms with van der Waals surface area (Å²) in [5.74, 6) is 0.553. The first-order valence-corrected chi connectivity index (χ1v) is 12.4. The molecular weight excluding hydrogens is 499 g/mol. The summed E-state index contributed by atoms with van der Waals surface area (Å²) in [6.45, 7) is 1.29. The molecule has 3 aromatic rings. The van der Waals surface area contributed by atoms with Crippen LogP contribution in [0.5, 0.6) is 11.5 Å². The van der Waals surface area contributed by atoms with Gasteiger partial charge in [0.1, 0.15) is 6.54 Å². The van der Waals surface area contributed by atoms with Crippen molar-refractivity contribution in [1.29, 1.82) is 0 Å². The Bertz CT molecular complexity index is 1270. The molecule has 7 nitrogen and oxygen atoms in total. The quantitative estimate of drug-likeness (QED) is 0.423. The molecule has 0 saturated heterocycles. The van der Waals surface area contributed by atoms with E-state index in [0.717, 1.165) is 9.87 Å². The van der Waals surface area contributed by atoms with Gasteiger partial charge in [-0.2, -0.15) is 0 Å². The SMILES string of the molecule is COc1ccc([C@@H](C)NC(=O)CN(c2ccc(Cl)cc2Cl)S(=O)(=O)c2ccccc2)cc1OC. The molecule has 10 heteroatoms. The number of rotatable bonds is 9. The third kappa shape index (κ3) is 5.75. The van der Waals surface area contributed by atoms with Crippen LogP contribution < -0.4 is 19.1 Å². The zero-order chi connectivity index (χ0) is 24.9. The summed E-state index contributed by atoms with van der Waals surface area (Å²) >= 11 is 12.3. The summed E-state index contributed by atoms with van der Waals surface area (Å²) in [6.07, 6.45) is 0. The van der Waals surface area contributed by atoms with Crippen molar-refractivity contribution in [2.45, 2.75) is 17.9 Å². The maximum atomic E-state index is 13.4. The molecule has 0 fully saturated rings. The topological polar surface area (TPSA) is 84.9 Å². The molecule has 3 aromatic carbocycles. The van der Waals surface area contributed by atoms with E-state index in [1.54, 1.807) is 43.3 Å². The Hall–Kier alpha value is -2.94. The first-order valence-electron chi connectivity index (χ1n) is 10.2. The number of amides is 1. The van der Waals surface area contributed by atoms with Gasteiger partial charge in [-0.1, -0.05) is 47.5 Å². The molecule has 1 atom stereocenters. The minimum absolute atomic E-state index is 0.0294. The second-order valence-electron chi connectivity index (χ2n) is 7.32. The highest BCUT2D eigenvalue weighted by atomic mass is 35.5. The molecule has 0 spiro atoms. The predicted molar refractivity (Wildman–Crippen MR) is 134 cm³/mol. The summed E-state index contributed by atoms with van der Waals surface area (Å²) in [5, 5.41) is 3.28. The van der Waals surface area contributed by atoms with Gasteiger partial charge in [-0.25, -0.2) is 8.42 Å². The number of hydrogen-bond donors (Lipinski definition) is 1. The van der Waals surface area contributed by atoms with E-state index in [4.69, 9.17) is 32.7 Å². The second-order valence-corrected chi connectivity index (χ2v) is 10.0. The monoisotopic (exact) mass is 522 g/mol. The van der Waals surface area contributed by atoms with Crippen LogP contribution in [0, 0.1) is 0 Å². The Labute approximate surface area is 209 Å². The zero-order valence-corrected chi connectivity index (χ0v) is 21.1. The minimum atomic E-state index is -4.10. The molecular formula is C24H24Cl2N2O5S. The Morgan fingerprint density at radius 2 is 1.65 bits per heavy atom. The average molecular weight is 523 g/mol. The molecule has 180 valence electrons. The maximum absolute atomic E-state index is 13.4. The average Bonchev–Trinajstić information content (AvgIpc) is 2.83. The second kappa shape index (κ2) is 11.0. The molecule has 1 amide bonds. The first-order chi connectivity index (χ1) is 16.2. The molecule has 0 radical (unpaired) electrons. The van der Waals surface area contributed by atoms with E-state index in [9.17, 15) is 13.2 Å². The van der Waals surface area contributed by atoms with E-state index in [1.165, 1.54) is 44.6 Å². The molecule has 0 unspecified atom stereocenters. The van der Waals surface area contributed by atoms with E-state index >= 15 is 0 Å². The number of hydrogen-bond acceptors (Lipinski definition) is 5. The Kier molecular flexibility index (Phi) is 8.30. The van der Waals surface area contributed by atoms with E-state index in [0.29, 0.717) is 16.5 Å². The molecule has 0 heterocycles. The lowest BCUT2D eigenvalue weighted by Gasteiger charge is -2.26. The largest absolute Gasteiger partial charge is 0.493 e. The molecule has 0 aliphatic heterocycles. The van der Waals surface area contributed by atoms with Gasteiger partial charge >= 0.3 is 0 Å². The number of benzene rings is 3. The fourth-order valence-corrected chi connectivity index (χ4v) is 5.35. The predicted octanol–water partition coefficient (Wildman–Crippen LogP) is 5.08. The van der Waals surface area contributed by atoms with Crippen LogP contribution in [-0.4, -0.2) is 35.1 Å². The highest BCUT2D eigenvalue weighted by Crippen LogP contribution is 2.33. The van der Waals surface area contributed by atoms with Gasteiger partial charge in [-0.3, -0.25) is 9.10 Å². The third-order valence-electron chi connectivity index (χ3n) is 5.08. The highest BCUT2D eigenvalue weighted by molar-refractivity contribution is 7.92. The molecule has 0 aromatic heterocycles. The molecule has 0 saturated carbocycles. The molecule has 3 rings (SSSR count). The standard InChI is InChI=1S/C24H24Cl2N2O5S/c1-16(17-9-12-22(32-2)23(13-17)33-3)27-24(29)15-28(21-11-10-18(25)14-20(21)26)34(30,31)19-7-5-4-6-8-19/h4-14,16H,15H2,1-3H3,(H,27,29)/t16-/m1/s1. The third-order valence-corrected chi connectivity index (χ3v) is 7.39. The lowest BCUT2D eigenvalue weighted by atomic mass is 10.1. The van der Waals surface area contributed by atoms with Crippen LogP contribution in [0.25, 0.3) is 0 Å². The number of methoxy groups -OCH3 is 2. The maximum Gasteiger partial charge on any atom is 0.264 e. The van der Waals surface area contributed by atoms with Crippen LogP contribution in [0.4, 0.5) is 5.69 Å². The van der Waals surface area contributed by atoms with Gasteiger partial charge in [0.25, 0.3) is 10.0 Å². The molecule has 0 aliphatic carbocycles.